The van der Waals surface area contributed by atoms with Crippen LogP contribution in [0.3, 0.4) is 0 Å². The van der Waals surface area contributed by atoms with Crippen LogP contribution in [0.4, 0.5) is 0 Å². The Hall–Kier alpha value is -2.95. The molecule has 26 heavy (non-hydrogen) atoms. The van der Waals surface area contributed by atoms with E-state index in [9.17, 15) is 4.79 Å². The molecule has 4 rings (SSSR count). The second kappa shape index (κ2) is 6.75. The number of benzene rings is 1. The number of amides is 1. The maximum absolute atomic E-state index is 13.2. The molecule has 0 saturated carbocycles. The van der Waals surface area contributed by atoms with E-state index >= 15 is 0 Å². The van der Waals surface area contributed by atoms with Crippen LogP contribution in [0.2, 0.25) is 0 Å². The van der Waals surface area contributed by atoms with Crippen molar-refractivity contribution in [2.75, 3.05) is 6.54 Å². The van der Waals surface area contributed by atoms with E-state index in [-0.39, 0.29) is 11.9 Å². The molecule has 1 aliphatic heterocycles. The number of rotatable bonds is 3. The number of hydrogen-bond acceptors (Lipinski definition) is 3. The van der Waals surface area contributed by atoms with E-state index in [4.69, 9.17) is 0 Å². The molecule has 1 atom stereocenters. The van der Waals surface area contributed by atoms with Crippen molar-refractivity contribution in [1.82, 2.24) is 19.9 Å². The van der Waals surface area contributed by atoms with Crippen LogP contribution in [0.15, 0.2) is 55.0 Å². The number of hydrogen-bond donors (Lipinski definition) is 1. The van der Waals surface area contributed by atoms with Gasteiger partial charge in [0.15, 0.2) is 0 Å². The summed E-state index contributed by atoms with van der Waals surface area (Å²) in [6.07, 6.45) is 4.19. The van der Waals surface area contributed by atoms with Gasteiger partial charge in [0.2, 0.25) is 0 Å². The first-order valence-electron chi connectivity index (χ1n) is 8.99. The zero-order valence-corrected chi connectivity index (χ0v) is 15.0. The van der Waals surface area contributed by atoms with E-state index in [0.29, 0.717) is 18.0 Å². The first kappa shape index (κ1) is 16.5. The smallest absolute Gasteiger partial charge is 0.256 e. The van der Waals surface area contributed by atoms with Crippen molar-refractivity contribution >= 4 is 5.91 Å². The fourth-order valence-electron chi connectivity index (χ4n) is 3.51. The third-order valence-corrected chi connectivity index (χ3v) is 4.93. The zero-order chi connectivity index (χ0) is 18.1. The topological polar surface area (TPSA) is 61.9 Å². The summed E-state index contributed by atoms with van der Waals surface area (Å²) in [7, 11) is 0. The number of imidazole rings is 1. The Bertz CT molecular complexity index is 899. The molecule has 1 amide bonds. The monoisotopic (exact) mass is 346 g/mol. The van der Waals surface area contributed by atoms with E-state index in [1.54, 1.807) is 12.5 Å². The number of fused-ring (bicyclic) bond motifs is 1. The number of aromatic nitrogens is 3. The number of carbonyl (C=O) groups is 1. The number of aromatic amines is 1. The number of H-pyrrole nitrogens is 1. The number of nitrogens with zero attached hydrogens (tertiary/aromatic N) is 3. The van der Waals surface area contributed by atoms with Gasteiger partial charge in [0.1, 0.15) is 6.04 Å². The fourth-order valence-corrected chi connectivity index (χ4v) is 3.51. The lowest BCUT2D eigenvalue weighted by Crippen LogP contribution is -2.40. The summed E-state index contributed by atoms with van der Waals surface area (Å²) in [5, 5.41) is 0. The minimum absolute atomic E-state index is 0.00434. The minimum Gasteiger partial charge on any atom is -0.348 e. The number of nitrogens with one attached hydrogen (secondary N) is 1. The van der Waals surface area contributed by atoms with Gasteiger partial charge < -0.3 is 9.88 Å². The van der Waals surface area contributed by atoms with Crippen molar-refractivity contribution in [3.05, 3.63) is 83.2 Å². The Morgan fingerprint density at radius 2 is 1.96 bits per heavy atom. The average Bonchev–Trinajstić information content (AvgIpc) is 3.16. The molecule has 0 unspecified atom stereocenters. The largest absolute Gasteiger partial charge is 0.348 e. The second-order valence-corrected chi connectivity index (χ2v) is 6.95. The molecule has 0 saturated heterocycles. The molecule has 2 aromatic heterocycles. The quantitative estimate of drug-likeness (QED) is 0.786. The standard InChI is InChI=1S/C21H22N4O/c1-14(2)17-9-8-16(12-22-17)21(26)25-11-10-18-19(24-13-23-18)20(25)15-6-4-3-5-7-15/h3-9,12-14,20H,10-11H2,1-2H3,(H,23,24)/t20-/m0/s1. The van der Waals surface area contributed by atoms with Gasteiger partial charge in [-0.3, -0.25) is 9.78 Å². The van der Waals surface area contributed by atoms with Gasteiger partial charge in [0.25, 0.3) is 5.91 Å². The summed E-state index contributed by atoms with van der Waals surface area (Å²) in [6, 6.07) is 13.7. The van der Waals surface area contributed by atoms with Crippen molar-refractivity contribution in [2.45, 2.75) is 32.2 Å². The van der Waals surface area contributed by atoms with Crippen molar-refractivity contribution < 1.29 is 4.79 Å². The maximum Gasteiger partial charge on any atom is 0.256 e. The summed E-state index contributed by atoms with van der Waals surface area (Å²) in [5.41, 5.74) is 4.73. The van der Waals surface area contributed by atoms with Gasteiger partial charge in [0, 0.05) is 30.6 Å². The van der Waals surface area contributed by atoms with E-state index in [2.05, 4.69) is 40.9 Å². The SMILES string of the molecule is CC(C)c1ccc(C(=O)N2CCc3[nH]cnc3[C@@H]2c2ccccc2)cn1. The molecule has 1 N–H and O–H groups in total. The fraction of sp³-hybridized carbons (Fsp3) is 0.286. The third kappa shape index (κ3) is 2.90. The summed E-state index contributed by atoms with van der Waals surface area (Å²) in [4.78, 5) is 27.3. The lowest BCUT2D eigenvalue weighted by atomic mass is 9.95. The normalized spacial score (nSPS) is 16.6. The lowest BCUT2D eigenvalue weighted by Gasteiger charge is -2.35. The van der Waals surface area contributed by atoms with Crippen LogP contribution in [0.1, 0.15) is 58.8 Å². The van der Waals surface area contributed by atoms with Crippen LogP contribution in [0.25, 0.3) is 0 Å². The summed E-state index contributed by atoms with van der Waals surface area (Å²) in [5.74, 6) is 0.341. The molecule has 1 aromatic carbocycles. The minimum atomic E-state index is -0.177. The Labute approximate surface area is 153 Å². The van der Waals surface area contributed by atoms with Crippen molar-refractivity contribution in [2.24, 2.45) is 0 Å². The van der Waals surface area contributed by atoms with Crippen LogP contribution in [0.5, 0.6) is 0 Å². The molecule has 0 aliphatic carbocycles. The molecule has 1 aliphatic rings. The highest BCUT2D eigenvalue weighted by Crippen LogP contribution is 2.34. The molecule has 5 nitrogen and oxygen atoms in total. The Balaban J connectivity index is 1.71. The van der Waals surface area contributed by atoms with Crippen LogP contribution >= 0.6 is 0 Å². The maximum atomic E-state index is 13.2. The summed E-state index contributed by atoms with van der Waals surface area (Å²) >= 11 is 0. The van der Waals surface area contributed by atoms with E-state index in [1.165, 1.54) is 0 Å². The second-order valence-electron chi connectivity index (χ2n) is 6.95. The first-order valence-corrected chi connectivity index (χ1v) is 8.99. The van der Waals surface area contributed by atoms with Gasteiger partial charge in [-0.05, 0) is 23.6 Å². The van der Waals surface area contributed by atoms with Gasteiger partial charge >= 0.3 is 0 Å². The lowest BCUT2D eigenvalue weighted by molar-refractivity contribution is 0.0690. The molecule has 132 valence electrons. The average molecular weight is 346 g/mol. The molecule has 0 radical (unpaired) electrons. The molecule has 0 spiro atoms. The molecule has 3 aromatic rings. The molecule has 0 bridgehead atoms. The first-order chi connectivity index (χ1) is 12.6. The van der Waals surface area contributed by atoms with E-state index < -0.39 is 0 Å². The highest BCUT2D eigenvalue weighted by atomic mass is 16.2. The highest BCUT2D eigenvalue weighted by molar-refractivity contribution is 5.94. The van der Waals surface area contributed by atoms with Gasteiger partial charge in [-0.1, -0.05) is 44.2 Å². The molecular formula is C21H22N4O. The van der Waals surface area contributed by atoms with Crippen LogP contribution in [-0.2, 0) is 6.42 Å². The van der Waals surface area contributed by atoms with Crippen LogP contribution in [0, 0.1) is 0 Å². The van der Waals surface area contributed by atoms with E-state index in [0.717, 1.165) is 29.1 Å². The van der Waals surface area contributed by atoms with Crippen molar-refractivity contribution in [1.29, 1.82) is 0 Å². The predicted octanol–water partition coefficient (Wildman–Crippen LogP) is 3.72. The van der Waals surface area contributed by atoms with Crippen LogP contribution in [-0.4, -0.2) is 32.3 Å². The summed E-state index contributed by atoms with van der Waals surface area (Å²) in [6.45, 7) is 4.84. The highest BCUT2D eigenvalue weighted by Gasteiger charge is 2.34. The number of carbonyl (C=O) groups excluding carboxylic acids is 1. The van der Waals surface area contributed by atoms with Gasteiger partial charge in [-0.25, -0.2) is 4.98 Å². The van der Waals surface area contributed by atoms with Crippen molar-refractivity contribution in [3.63, 3.8) is 0 Å². The van der Waals surface area contributed by atoms with Crippen LogP contribution < -0.4 is 0 Å². The Kier molecular flexibility index (Phi) is 4.29. The third-order valence-electron chi connectivity index (χ3n) is 4.93. The number of pyridine rings is 1. The molecule has 0 fully saturated rings. The zero-order valence-electron chi connectivity index (χ0n) is 15.0. The predicted molar refractivity (Wildman–Crippen MR) is 99.9 cm³/mol. The molecule has 5 heteroatoms. The Morgan fingerprint density at radius 3 is 2.65 bits per heavy atom. The summed E-state index contributed by atoms with van der Waals surface area (Å²) < 4.78 is 0. The van der Waals surface area contributed by atoms with Gasteiger partial charge in [-0.15, -0.1) is 0 Å². The van der Waals surface area contributed by atoms with E-state index in [1.807, 2.05) is 35.2 Å². The van der Waals surface area contributed by atoms with Gasteiger partial charge in [0.05, 0.1) is 17.6 Å². The van der Waals surface area contributed by atoms with Gasteiger partial charge in [-0.2, -0.15) is 0 Å². The Morgan fingerprint density at radius 1 is 1.15 bits per heavy atom. The molecule has 3 heterocycles. The van der Waals surface area contributed by atoms with Crippen molar-refractivity contribution in [3.8, 4) is 0 Å². The molecular weight excluding hydrogens is 324 g/mol.